The standard InChI is InChI=1S/C44H33N3/c1-44(2)37-21-20-31(27-36(37)43-38(44)15-10-24-45-43)47-40-17-9-7-14-33(40)35-26-29(19-23-42(35)47)28-18-22-41-34(25-28)32-13-6-8-16-39(32)46(41)30-11-4-3-5-12-30/h4,6-27H,3,5H2,1-2H3. The molecule has 0 saturated carbocycles. The Morgan fingerprint density at radius 1 is 0.574 bits per heavy atom. The Morgan fingerprint density at radius 2 is 1.23 bits per heavy atom. The molecule has 0 fully saturated rings. The van der Waals surface area contributed by atoms with E-state index in [0.29, 0.717) is 0 Å². The number of hydrogen-bond donors (Lipinski definition) is 0. The van der Waals surface area contributed by atoms with Gasteiger partial charge in [0, 0.05) is 50.1 Å². The fraction of sp³-hybridized carbons (Fsp3) is 0.114. The number of para-hydroxylation sites is 2. The minimum Gasteiger partial charge on any atom is -0.310 e. The summed E-state index contributed by atoms with van der Waals surface area (Å²) in [6.45, 7) is 4.61. The highest BCUT2D eigenvalue weighted by Gasteiger charge is 2.36. The van der Waals surface area contributed by atoms with Gasteiger partial charge in [0.15, 0.2) is 0 Å². The van der Waals surface area contributed by atoms with E-state index in [1.165, 1.54) is 77.1 Å². The van der Waals surface area contributed by atoms with Gasteiger partial charge >= 0.3 is 0 Å². The van der Waals surface area contributed by atoms with E-state index >= 15 is 0 Å². The van der Waals surface area contributed by atoms with Gasteiger partial charge in [0.05, 0.1) is 27.8 Å². The van der Waals surface area contributed by atoms with Crippen molar-refractivity contribution >= 4 is 49.3 Å². The number of pyridine rings is 1. The van der Waals surface area contributed by atoms with E-state index in [-0.39, 0.29) is 5.41 Å². The predicted octanol–water partition coefficient (Wildman–Crippen LogP) is 11.5. The largest absolute Gasteiger partial charge is 0.310 e. The van der Waals surface area contributed by atoms with E-state index in [9.17, 15) is 0 Å². The molecule has 0 N–H and O–H groups in total. The first kappa shape index (κ1) is 26.5. The summed E-state index contributed by atoms with van der Waals surface area (Å²) in [7, 11) is 0. The Balaban J connectivity index is 1.15. The summed E-state index contributed by atoms with van der Waals surface area (Å²) in [5.41, 5.74) is 14.7. The monoisotopic (exact) mass is 603 g/mol. The van der Waals surface area contributed by atoms with Gasteiger partial charge < -0.3 is 9.13 Å². The number of benzene rings is 5. The lowest BCUT2D eigenvalue weighted by Crippen LogP contribution is -2.15. The first-order chi connectivity index (χ1) is 23.1. The molecule has 0 atom stereocenters. The van der Waals surface area contributed by atoms with E-state index in [4.69, 9.17) is 4.98 Å². The molecule has 224 valence electrons. The number of nitrogens with zero attached hydrogens (tertiary/aromatic N) is 3. The summed E-state index contributed by atoms with van der Waals surface area (Å²) in [5, 5.41) is 5.10. The third-order valence-corrected chi connectivity index (χ3v) is 10.6. The van der Waals surface area contributed by atoms with Crippen LogP contribution >= 0.6 is 0 Å². The van der Waals surface area contributed by atoms with Crippen LogP contribution < -0.4 is 0 Å². The number of allylic oxidation sites excluding steroid dienone is 4. The van der Waals surface area contributed by atoms with Crippen molar-refractivity contribution in [2.24, 2.45) is 0 Å². The highest BCUT2D eigenvalue weighted by Crippen LogP contribution is 2.48. The van der Waals surface area contributed by atoms with Crippen LogP contribution in [-0.2, 0) is 5.41 Å². The molecule has 47 heavy (non-hydrogen) atoms. The van der Waals surface area contributed by atoms with Crippen molar-refractivity contribution in [1.82, 2.24) is 14.1 Å². The van der Waals surface area contributed by atoms with Gasteiger partial charge in [-0.25, -0.2) is 0 Å². The lowest BCUT2D eigenvalue weighted by atomic mass is 9.83. The van der Waals surface area contributed by atoms with Crippen LogP contribution in [0.25, 0.3) is 77.4 Å². The first-order valence-corrected chi connectivity index (χ1v) is 16.6. The Labute approximate surface area is 273 Å². The fourth-order valence-corrected chi connectivity index (χ4v) is 8.31. The van der Waals surface area contributed by atoms with Crippen molar-refractivity contribution in [3.63, 3.8) is 0 Å². The molecule has 8 aromatic rings. The van der Waals surface area contributed by atoms with E-state index in [1.807, 2.05) is 6.20 Å². The van der Waals surface area contributed by atoms with Crippen molar-refractivity contribution in [1.29, 1.82) is 0 Å². The van der Waals surface area contributed by atoms with Crippen LogP contribution in [0.5, 0.6) is 0 Å². The average Bonchev–Trinajstić information content (AvgIpc) is 3.71. The van der Waals surface area contributed by atoms with Gasteiger partial charge in [0.1, 0.15) is 0 Å². The summed E-state index contributed by atoms with van der Waals surface area (Å²) in [6.07, 6.45) is 11.0. The summed E-state index contributed by atoms with van der Waals surface area (Å²) < 4.78 is 4.84. The molecule has 3 aromatic heterocycles. The van der Waals surface area contributed by atoms with Crippen molar-refractivity contribution in [2.75, 3.05) is 0 Å². The second kappa shape index (κ2) is 9.67. The molecule has 0 unspecified atom stereocenters. The quantitative estimate of drug-likeness (QED) is 0.197. The molecular formula is C44H33N3. The summed E-state index contributed by atoms with van der Waals surface area (Å²) in [5.74, 6) is 0. The second-order valence-corrected chi connectivity index (χ2v) is 13.5. The van der Waals surface area contributed by atoms with Crippen LogP contribution in [0.3, 0.4) is 0 Å². The Kier molecular flexibility index (Phi) is 5.46. The maximum absolute atomic E-state index is 4.84. The topological polar surface area (TPSA) is 22.8 Å². The number of fused-ring (bicyclic) bond motifs is 9. The molecule has 10 rings (SSSR count). The Bertz CT molecular complexity index is 2660. The number of aromatic nitrogens is 3. The lowest BCUT2D eigenvalue weighted by Gasteiger charge is -2.21. The van der Waals surface area contributed by atoms with Gasteiger partial charge in [-0.2, -0.15) is 0 Å². The van der Waals surface area contributed by atoms with Crippen molar-refractivity contribution < 1.29 is 0 Å². The van der Waals surface area contributed by atoms with Crippen molar-refractivity contribution in [3.05, 3.63) is 151 Å². The zero-order valence-electron chi connectivity index (χ0n) is 26.5. The molecule has 3 heterocycles. The Hall–Kier alpha value is -5.67. The predicted molar refractivity (Wildman–Crippen MR) is 197 cm³/mol. The molecule has 0 saturated heterocycles. The molecule has 2 aliphatic carbocycles. The molecule has 0 radical (unpaired) electrons. The van der Waals surface area contributed by atoms with E-state index in [0.717, 1.165) is 24.2 Å². The molecule has 2 aliphatic rings. The maximum atomic E-state index is 4.84. The molecule has 5 aromatic carbocycles. The SMILES string of the molecule is CC1(C)c2ccc(-n3c4ccccc4c4cc(-c5ccc6c(c5)c5ccccc5n6C5=CCCC=C5)ccc43)cc2-c2ncccc21. The molecule has 0 bridgehead atoms. The second-order valence-electron chi connectivity index (χ2n) is 13.5. The lowest BCUT2D eigenvalue weighted by molar-refractivity contribution is 0.659. The smallest absolute Gasteiger partial charge is 0.0746 e. The summed E-state index contributed by atoms with van der Waals surface area (Å²) in [4.78, 5) is 4.84. The average molecular weight is 604 g/mol. The van der Waals surface area contributed by atoms with Gasteiger partial charge in [-0.3, -0.25) is 4.98 Å². The van der Waals surface area contributed by atoms with E-state index in [1.54, 1.807) is 0 Å². The molecule has 0 amide bonds. The highest BCUT2D eigenvalue weighted by molar-refractivity contribution is 6.13. The molecule has 0 spiro atoms. The minimum atomic E-state index is -0.0648. The zero-order chi connectivity index (χ0) is 31.3. The summed E-state index contributed by atoms with van der Waals surface area (Å²) in [6, 6.07) is 42.8. The number of hydrogen-bond acceptors (Lipinski definition) is 1. The van der Waals surface area contributed by atoms with Crippen molar-refractivity contribution in [2.45, 2.75) is 32.1 Å². The van der Waals surface area contributed by atoms with Crippen LogP contribution in [0.4, 0.5) is 0 Å². The normalized spacial score (nSPS) is 15.1. The molecule has 3 heteroatoms. The van der Waals surface area contributed by atoms with E-state index in [2.05, 4.69) is 156 Å². The van der Waals surface area contributed by atoms with Gasteiger partial charge in [0.25, 0.3) is 0 Å². The van der Waals surface area contributed by atoms with Crippen LogP contribution in [0.2, 0.25) is 0 Å². The van der Waals surface area contributed by atoms with Gasteiger partial charge in [-0.15, -0.1) is 0 Å². The number of rotatable bonds is 3. The fourth-order valence-electron chi connectivity index (χ4n) is 8.31. The highest BCUT2D eigenvalue weighted by atomic mass is 15.0. The van der Waals surface area contributed by atoms with Gasteiger partial charge in [0.2, 0.25) is 0 Å². The van der Waals surface area contributed by atoms with Gasteiger partial charge in [-0.1, -0.05) is 86.7 Å². The third-order valence-electron chi connectivity index (χ3n) is 10.6. The minimum absolute atomic E-state index is 0.0648. The van der Waals surface area contributed by atoms with Crippen LogP contribution in [-0.4, -0.2) is 14.1 Å². The van der Waals surface area contributed by atoms with Gasteiger partial charge in [-0.05, 0) is 95.8 Å². The molecule has 3 nitrogen and oxygen atoms in total. The molecule has 0 aliphatic heterocycles. The Morgan fingerprint density at radius 3 is 1.94 bits per heavy atom. The van der Waals surface area contributed by atoms with Crippen LogP contribution in [0, 0.1) is 0 Å². The van der Waals surface area contributed by atoms with Crippen LogP contribution in [0.1, 0.15) is 37.8 Å². The summed E-state index contributed by atoms with van der Waals surface area (Å²) >= 11 is 0. The zero-order valence-corrected chi connectivity index (χ0v) is 26.5. The first-order valence-electron chi connectivity index (χ1n) is 16.6. The van der Waals surface area contributed by atoms with Crippen molar-refractivity contribution in [3.8, 4) is 28.1 Å². The third kappa shape index (κ3) is 3.71. The maximum Gasteiger partial charge on any atom is 0.0746 e. The molecular weight excluding hydrogens is 571 g/mol. The van der Waals surface area contributed by atoms with E-state index < -0.39 is 0 Å². The van der Waals surface area contributed by atoms with Crippen LogP contribution in [0.15, 0.2) is 140 Å².